The Kier molecular flexibility index (Phi) is 10.6. The Morgan fingerprint density at radius 3 is 1.89 bits per heavy atom. The van der Waals surface area contributed by atoms with Gasteiger partial charge in [-0.2, -0.15) is 0 Å². The largest absolute Gasteiger partial charge is 0.497 e. The topological polar surface area (TPSA) is 105 Å². The summed E-state index contributed by atoms with van der Waals surface area (Å²) >= 11 is 0. The normalized spacial score (nSPS) is 12.8. The molecular weight excluding hydrogens is 482 g/mol. The SMILES string of the molecule is CC[C@@H](C)NC(=O)[C@H](CC)N(Cc1ccc(OC)cc1)C(=O)CN(c1ccc(OC)cc1)S(C)(=O)=O. The van der Waals surface area contributed by atoms with Crippen LogP contribution >= 0.6 is 0 Å². The number of nitrogens with one attached hydrogen (secondary N) is 1. The average molecular weight is 520 g/mol. The van der Waals surface area contributed by atoms with Gasteiger partial charge in [0, 0.05) is 12.6 Å². The highest BCUT2D eigenvalue weighted by atomic mass is 32.2. The standard InChI is InChI=1S/C26H37N3O6S/c1-7-19(3)27-26(31)24(8-2)28(17-20-9-13-22(34-4)14-10-20)25(30)18-29(36(6,32)33)21-11-15-23(35-5)16-12-21/h9-16,19,24H,7-8,17-18H2,1-6H3,(H,27,31)/t19-,24+/m1/s1. The molecule has 0 aliphatic rings. The lowest BCUT2D eigenvalue weighted by molar-refractivity contribution is -0.140. The van der Waals surface area contributed by atoms with Crippen molar-refractivity contribution in [2.45, 2.75) is 52.2 Å². The Hall–Kier alpha value is -3.27. The number of carbonyl (C=O) groups is 2. The summed E-state index contributed by atoms with van der Waals surface area (Å²) in [6.45, 7) is 5.37. The zero-order valence-corrected chi connectivity index (χ0v) is 22.7. The molecule has 0 unspecified atom stereocenters. The zero-order valence-electron chi connectivity index (χ0n) is 21.9. The number of hydrogen-bond donors (Lipinski definition) is 1. The molecule has 0 spiro atoms. The number of carbonyl (C=O) groups excluding carboxylic acids is 2. The molecule has 0 heterocycles. The van der Waals surface area contributed by atoms with E-state index in [1.807, 2.05) is 32.9 Å². The van der Waals surface area contributed by atoms with Gasteiger partial charge in [0.2, 0.25) is 21.8 Å². The number of methoxy groups -OCH3 is 2. The first-order valence-electron chi connectivity index (χ1n) is 11.9. The third kappa shape index (κ3) is 7.87. The van der Waals surface area contributed by atoms with Gasteiger partial charge >= 0.3 is 0 Å². The highest BCUT2D eigenvalue weighted by molar-refractivity contribution is 7.92. The smallest absolute Gasteiger partial charge is 0.244 e. The van der Waals surface area contributed by atoms with Crippen LogP contribution in [-0.4, -0.2) is 64.2 Å². The summed E-state index contributed by atoms with van der Waals surface area (Å²) in [5, 5.41) is 2.95. The molecule has 2 rings (SSSR count). The molecule has 2 aromatic carbocycles. The maximum atomic E-state index is 13.7. The van der Waals surface area contributed by atoms with E-state index in [4.69, 9.17) is 9.47 Å². The van der Waals surface area contributed by atoms with Crippen molar-refractivity contribution in [1.29, 1.82) is 0 Å². The fourth-order valence-electron chi connectivity index (χ4n) is 3.65. The van der Waals surface area contributed by atoms with E-state index in [0.29, 0.717) is 23.6 Å². The van der Waals surface area contributed by atoms with Gasteiger partial charge in [0.15, 0.2) is 0 Å². The first kappa shape index (κ1) is 29.0. The van der Waals surface area contributed by atoms with Crippen molar-refractivity contribution in [2.75, 3.05) is 31.3 Å². The molecule has 0 fully saturated rings. The fraction of sp³-hybridized carbons (Fsp3) is 0.462. The van der Waals surface area contributed by atoms with Gasteiger partial charge in [-0.05, 0) is 61.7 Å². The number of hydrogen-bond acceptors (Lipinski definition) is 6. The van der Waals surface area contributed by atoms with Crippen molar-refractivity contribution >= 4 is 27.5 Å². The molecule has 0 saturated heterocycles. The average Bonchev–Trinajstić information content (AvgIpc) is 2.86. The molecule has 2 aromatic rings. The summed E-state index contributed by atoms with van der Waals surface area (Å²) in [5.41, 5.74) is 1.11. The van der Waals surface area contributed by atoms with Gasteiger partial charge in [-0.1, -0.05) is 26.0 Å². The Morgan fingerprint density at radius 1 is 0.917 bits per heavy atom. The van der Waals surface area contributed by atoms with E-state index >= 15 is 0 Å². The van der Waals surface area contributed by atoms with Crippen molar-refractivity contribution in [2.24, 2.45) is 0 Å². The number of rotatable bonds is 13. The number of amides is 2. The lowest BCUT2D eigenvalue weighted by Crippen LogP contribution is -2.53. The third-order valence-electron chi connectivity index (χ3n) is 5.94. The molecule has 198 valence electrons. The minimum atomic E-state index is -3.80. The first-order valence-corrected chi connectivity index (χ1v) is 13.7. The van der Waals surface area contributed by atoms with Gasteiger partial charge in [0.05, 0.1) is 26.2 Å². The van der Waals surface area contributed by atoms with Crippen molar-refractivity contribution < 1.29 is 27.5 Å². The zero-order chi connectivity index (χ0) is 26.9. The molecule has 1 N–H and O–H groups in total. The molecule has 2 atom stereocenters. The molecule has 0 radical (unpaired) electrons. The molecule has 0 aliphatic carbocycles. The second-order valence-corrected chi connectivity index (χ2v) is 10.5. The summed E-state index contributed by atoms with van der Waals surface area (Å²) in [7, 11) is -0.717. The minimum Gasteiger partial charge on any atom is -0.497 e. The first-order chi connectivity index (χ1) is 17.0. The Balaban J connectivity index is 2.42. The van der Waals surface area contributed by atoms with Crippen LogP contribution in [0.1, 0.15) is 39.2 Å². The molecule has 9 nitrogen and oxygen atoms in total. The maximum Gasteiger partial charge on any atom is 0.244 e. The minimum absolute atomic E-state index is 0.0590. The molecule has 0 aliphatic heterocycles. The van der Waals surface area contributed by atoms with Crippen molar-refractivity contribution in [3.63, 3.8) is 0 Å². The van der Waals surface area contributed by atoms with Gasteiger partial charge in [-0.15, -0.1) is 0 Å². The van der Waals surface area contributed by atoms with Gasteiger partial charge < -0.3 is 19.7 Å². The van der Waals surface area contributed by atoms with Crippen LogP contribution in [0.3, 0.4) is 0 Å². The lowest BCUT2D eigenvalue weighted by Gasteiger charge is -2.33. The number of nitrogens with zero attached hydrogens (tertiary/aromatic N) is 2. The van der Waals surface area contributed by atoms with Crippen LogP contribution in [0.2, 0.25) is 0 Å². The Labute approximate surface area is 214 Å². The lowest BCUT2D eigenvalue weighted by atomic mass is 10.1. The van der Waals surface area contributed by atoms with Crippen LogP contribution in [-0.2, 0) is 26.2 Å². The maximum absolute atomic E-state index is 13.7. The van der Waals surface area contributed by atoms with E-state index < -0.39 is 28.5 Å². The summed E-state index contributed by atoms with van der Waals surface area (Å²) in [4.78, 5) is 28.3. The van der Waals surface area contributed by atoms with Crippen LogP contribution in [0.4, 0.5) is 5.69 Å². The Morgan fingerprint density at radius 2 is 1.44 bits per heavy atom. The molecule has 0 aromatic heterocycles. The Bertz CT molecular complexity index is 1100. The van der Waals surface area contributed by atoms with E-state index in [0.717, 1.165) is 22.5 Å². The molecule has 36 heavy (non-hydrogen) atoms. The number of anilines is 1. The van der Waals surface area contributed by atoms with E-state index in [1.165, 1.54) is 12.0 Å². The summed E-state index contributed by atoms with van der Waals surface area (Å²) in [6.07, 6.45) is 2.16. The van der Waals surface area contributed by atoms with Crippen LogP contribution in [0.5, 0.6) is 11.5 Å². The highest BCUT2D eigenvalue weighted by Gasteiger charge is 2.32. The summed E-state index contributed by atoms with van der Waals surface area (Å²) in [6, 6.07) is 12.8. The predicted octanol–water partition coefficient (Wildman–Crippen LogP) is 3.19. The van der Waals surface area contributed by atoms with E-state index in [-0.39, 0.29) is 18.5 Å². The van der Waals surface area contributed by atoms with Gasteiger partial charge in [0.1, 0.15) is 24.1 Å². The summed E-state index contributed by atoms with van der Waals surface area (Å²) < 4.78 is 36.7. The van der Waals surface area contributed by atoms with Crippen molar-refractivity contribution in [3.05, 3.63) is 54.1 Å². The fourth-order valence-corrected chi connectivity index (χ4v) is 4.50. The number of ether oxygens (including phenoxy) is 2. The second kappa shape index (κ2) is 13.2. The second-order valence-electron chi connectivity index (χ2n) is 8.58. The number of sulfonamides is 1. The van der Waals surface area contributed by atoms with E-state index in [1.54, 1.807) is 43.5 Å². The van der Waals surface area contributed by atoms with Crippen LogP contribution in [0.25, 0.3) is 0 Å². The van der Waals surface area contributed by atoms with Crippen LogP contribution in [0, 0.1) is 0 Å². The molecule has 0 bridgehead atoms. The predicted molar refractivity (Wildman–Crippen MR) is 141 cm³/mol. The van der Waals surface area contributed by atoms with Gasteiger partial charge in [-0.3, -0.25) is 13.9 Å². The van der Waals surface area contributed by atoms with Gasteiger partial charge in [-0.25, -0.2) is 8.42 Å². The molecule has 2 amide bonds. The summed E-state index contributed by atoms with van der Waals surface area (Å²) in [5.74, 6) is 0.468. The molecule has 0 saturated carbocycles. The molecular formula is C26H37N3O6S. The third-order valence-corrected chi connectivity index (χ3v) is 7.08. The van der Waals surface area contributed by atoms with Crippen molar-refractivity contribution in [3.8, 4) is 11.5 Å². The highest BCUT2D eigenvalue weighted by Crippen LogP contribution is 2.23. The van der Waals surface area contributed by atoms with Crippen molar-refractivity contribution in [1.82, 2.24) is 10.2 Å². The van der Waals surface area contributed by atoms with E-state index in [2.05, 4.69) is 5.32 Å². The monoisotopic (exact) mass is 519 g/mol. The molecule has 10 heteroatoms. The van der Waals surface area contributed by atoms with Crippen LogP contribution < -0.4 is 19.1 Å². The van der Waals surface area contributed by atoms with E-state index in [9.17, 15) is 18.0 Å². The number of benzene rings is 2. The van der Waals surface area contributed by atoms with Gasteiger partial charge in [0.25, 0.3) is 0 Å². The quantitative estimate of drug-likeness (QED) is 0.436. The van der Waals surface area contributed by atoms with Crippen LogP contribution in [0.15, 0.2) is 48.5 Å².